The van der Waals surface area contributed by atoms with Crippen molar-refractivity contribution in [3.05, 3.63) is 220 Å². The quantitative estimate of drug-likeness (QED) is 0.0254. The molecule has 13 heterocycles. The van der Waals surface area contributed by atoms with Gasteiger partial charge in [-0.1, -0.05) is 60.7 Å². The highest BCUT2D eigenvalue weighted by atomic mass is 32.2. The number of carbonyl (C=O) groups excluding carboxylic acids is 4. The minimum Gasteiger partial charge on any atom is -0.447 e. The Balaban J connectivity index is 0.000000136. The van der Waals surface area contributed by atoms with Crippen LogP contribution in [0, 0.1) is 37.5 Å². The van der Waals surface area contributed by atoms with E-state index in [-0.39, 0.29) is 68.2 Å². The van der Waals surface area contributed by atoms with Gasteiger partial charge < -0.3 is 63.6 Å². The van der Waals surface area contributed by atoms with Crippen LogP contribution >= 0.6 is 0 Å². The first-order chi connectivity index (χ1) is 70.9. The van der Waals surface area contributed by atoms with Crippen molar-refractivity contribution in [2.24, 2.45) is 23.7 Å². The molecule has 6 aromatic carbocycles. The van der Waals surface area contributed by atoms with Gasteiger partial charge in [0.05, 0.1) is 71.4 Å². The summed E-state index contributed by atoms with van der Waals surface area (Å²) in [4.78, 5) is 143. The standard InChI is InChI=1S/2C29H35N5O5S.C27H37N5O4.C25H33N5O3/c1-29(2,3)39-28(36)33-16-14-19(15-17-33)12-13-22-25(20-8-7-9-21(18-20)40(4,37)38)32-34(26(22)35)27-30-23-10-5-6-11-24(23)31-27;1-29(2,3)39-28(36)33-17-15-19(16-18-33)9-14-22-25(20-10-12-21(13-11-20)40(4,37)38)32-34(26(22)35)27-30-23-7-5-6-8-24(23)31-27;1-17(2)36-27(34)31-12-8-20(9-13-31)24-21(6-5-19-10-14-35-15-11-19)25(33)32(30-24)26-28-22-7-4-18(3)16-23(22)29-26;1-15-4-9-19-20(14-15)27-24(26-19)30-22(31)18(21(28-30)17-6-7-17)8-5-16-10-12-29(13-11-16)23(32)25(2,3)33/h5-11,18-19,32H,12-17H2,1-4H3,(H,30,31);5-8,10-13,19,32H,9,14-18H2,1-4H3,(H,30,31);4,7,16-17,19-20,30H,5-6,8-15H2,1-3H3,(H,28,29);4,9,14,16-17,28,33H,5-8,10-13H2,1-3H3,(H,26,27). The van der Waals surface area contributed by atoms with Crippen LogP contribution in [0.4, 0.5) is 14.4 Å². The summed E-state index contributed by atoms with van der Waals surface area (Å²) in [5.74, 6) is 3.95. The summed E-state index contributed by atoms with van der Waals surface area (Å²) in [5.41, 5.74) is 13.5. The van der Waals surface area contributed by atoms with E-state index in [1.807, 2.05) is 154 Å². The lowest BCUT2D eigenvalue weighted by atomic mass is 9.88. The predicted molar refractivity (Wildman–Crippen MR) is 571 cm³/mol. The molecule has 37 nitrogen and oxygen atoms in total. The van der Waals surface area contributed by atoms with E-state index in [2.05, 4.69) is 60.3 Å². The Bertz CT molecular complexity index is 7600. The van der Waals surface area contributed by atoms with E-state index in [1.165, 1.54) is 21.9 Å². The molecule has 0 spiro atoms. The summed E-state index contributed by atoms with van der Waals surface area (Å²) < 4.78 is 76.3. The molecule has 1 aliphatic carbocycles. The van der Waals surface area contributed by atoms with Crippen molar-refractivity contribution in [3.8, 4) is 46.3 Å². The third kappa shape index (κ3) is 25.9. The Morgan fingerprint density at radius 3 is 1.15 bits per heavy atom. The molecule has 0 bridgehead atoms. The number of carbonyl (C=O) groups is 4. The van der Waals surface area contributed by atoms with Crippen LogP contribution in [0.25, 0.3) is 90.4 Å². The number of nitrogens with one attached hydrogen (secondary N) is 8. The van der Waals surface area contributed by atoms with Crippen molar-refractivity contribution in [3.63, 3.8) is 0 Å². The van der Waals surface area contributed by atoms with E-state index in [4.69, 9.17) is 18.9 Å². The van der Waals surface area contributed by atoms with Gasteiger partial charge in [0.15, 0.2) is 19.7 Å². The molecule has 8 aromatic heterocycles. The van der Waals surface area contributed by atoms with E-state index in [0.717, 1.165) is 207 Å². The smallest absolute Gasteiger partial charge is 0.410 e. The second-order valence-corrected chi connectivity index (χ2v) is 47.7. The van der Waals surface area contributed by atoms with Gasteiger partial charge in [-0.15, -0.1) is 0 Å². The zero-order valence-electron chi connectivity index (χ0n) is 87.6. The summed E-state index contributed by atoms with van der Waals surface area (Å²) in [5, 5.41) is 23.2. The number of ether oxygens (including phenoxy) is 4. The van der Waals surface area contributed by atoms with Crippen LogP contribution in [0.3, 0.4) is 0 Å². The average molecular weight is 2080 g/mol. The topological polar surface area (TPSA) is 473 Å². The number of para-hydroxylation sites is 4. The van der Waals surface area contributed by atoms with Gasteiger partial charge in [-0.3, -0.25) is 44.4 Å². The molecule has 0 radical (unpaired) electrons. The Hall–Kier alpha value is -13.7. The number of fused-ring (bicyclic) bond motifs is 4. The molecule has 6 fully saturated rings. The molecule has 20 rings (SSSR count). The number of aromatic nitrogens is 16. The first kappa shape index (κ1) is 107. The fourth-order valence-electron chi connectivity index (χ4n) is 20.6. The number of hydrogen-bond acceptors (Lipinski definition) is 21. The first-order valence-corrected chi connectivity index (χ1v) is 56.0. The van der Waals surface area contributed by atoms with Crippen molar-refractivity contribution in [1.29, 1.82) is 0 Å². The number of amides is 4. The number of sulfone groups is 2. The van der Waals surface area contributed by atoms with Gasteiger partial charge in [-0.2, -0.15) is 18.7 Å². The number of rotatable bonds is 24. The van der Waals surface area contributed by atoms with Crippen LogP contribution in [0.5, 0.6) is 0 Å². The lowest BCUT2D eigenvalue weighted by Gasteiger charge is -2.35. The lowest BCUT2D eigenvalue weighted by molar-refractivity contribution is -0.149. The zero-order valence-corrected chi connectivity index (χ0v) is 89.3. The van der Waals surface area contributed by atoms with Crippen LogP contribution in [0.15, 0.2) is 162 Å². The number of aryl methyl sites for hydroxylation is 2. The number of piperidine rings is 4. The second-order valence-electron chi connectivity index (χ2n) is 43.7. The Kier molecular flexibility index (Phi) is 31.9. The highest BCUT2D eigenvalue weighted by molar-refractivity contribution is 7.91. The molecule has 14 aromatic rings. The van der Waals surface area contributed by atoms with E-state index in [0.29, 0.717) is 152 Å². The van der Waals surface area contributed by atoms with Crippen LogP contribution in [0.1, 0.15) is 229 Å². The molecule has 39 heteroatoms. The van der Waals surface area contributed by atoms with Gasteiger partial charge in [-0.05, 0) is 325 Å². The normalized spacial score (nSPS) is 16.3. The molecule has 9 N–H and O–H groups in total. The predicted octanol–water partition coefficient (Wildman–Crippen LogP) is 17.0. The number of aromatic amines is 8. The van der Waals surface area contributed by atoms with Crippen LogP contribution < -0.4 is 22.2 Å². The molecular weight excluding hydrogens is 1940 g/mol. The summed E-state index contributed by atoms with van der Waals surface area (Å²) in [6, 6.07) is 40.3. The maximum atomic E-state index is 13.8. The van der Waals surface area contributed by atoms with Crippen LogP contribution in [-0.4, -0.2) is 246 Å². The van der Waals surface area contributed by atoms with E-state index in [1.54, 1.807) is 91.3 Å². The molecule has 0 unspecified atom stereocenters. The van der Waals surface area contributed by atoms with Gasteiger partial charge in [0.1, 0.15) is 16.8 Å². The minimum atomic E-state index is -3.43. The second kappa shape index (κ2) is 44.6. The number of imidazole rings is 4. The van der Waals surface area contributed by atoms with E-state index < -0.39 is 36.5 Å². The highest BCUT2D eigenvalue weighted by Crippen LogP contribution is 2.42. The van der Waals surface area contributed by atoms with Crippen molar-refractivity contribution >= 4 is 88.0 Å². The number of hydrogen-bond donors (Lipinski definition) is 9. The van der Waals surface area contributed by atoms with Gasteiger partial charge >= 0.3 is 18.3 Å². The maximum Gasteiger partial charge on any atom is 0.410 e. The average Bonchev–Trinajstić information content (AvgIpc) is 1.62. The van der Waals surface area contributed by atoms with Crippen LogP contribution in [0.2, 0.25) is 0 Å². The van der Waals surface area contributed by atoms with Gasteiger partial charge in [0.2, 0.25) is 23.8 Å². The summed E-state index contributed by atoms with van der Waals surface area (Å²) in [6.45, 7) is 28.7. The number of nitrogens with zero attached hydrogens (tertiary/aromatic N) is 12. The fourth-order valence-corrected chi connectivity index (χ4v) is 21.9. The van der Waals surface area contributed by atoms with Crippen molar-refractivity contribution < 1.29 is 60.1 Å². The number of H-pyrrole nitrogens is 8. The number of aliphatic hydroxyl groups is 1. The monoisotopic (exact) mass is 2080 g/mol. The minimum absolute atomic E-state index is 0.0117. The maximum absolute atomic E-state index is 13.8. The lowest BCUT2D eigenvalue weighted by Crippen LogP contribution is -2.48. The Morgan fingerprint density at radius 2 is 0.752 bits per heavy atom. The zero-order chi connectivity index (χ0) is 106. The number of likely N-dealkylation sites (tertiary alicyclic amines) is 4. The summed E-state index contributed by atoms with van der Waals surface area (Å²) >= 11 is 0. The van der Waals surface area contributed by atoms with Crippen molar-refractivity contribution in [2.75, 3.05) is 78.1 Å². The fraction of sp³-hybridized carbons (Fsp3) is 0.491. The number of benzene rings is 6. The highest BCUT2D eigenvalue weighted by Gasteiger charge is 2.38. The largest absolute Gasteiger partial charge is 0.447 e. The molecule has 1 saturated carbocycles. The Labute approximate surface area is 865 Å². The SMILES string of the molecule is CC(C)(C)OC(=O)N1CCC(CCc2c(-c3ccc(S(C)(=O)=O)cc3)[nH]n(-c3nc4ccccc4[nH]3)c2=O)CC1.CC(C)(C)OC(=O)N1CCC(CCc2c(-c3cccc(S(C)(=O)=O)c3)[nH]n(-c3nc4ccccc4[nH]3)c2=O)CC1.Cc1ccc2nc(-n3[nH]c(C4CC4)c(CCC4CCN(C(=O)C(C)(C)O)CC4)c3=O)[nH]c2c1.Cc1ccc2nc(-n3[nH]c(C4CCN(C(=O)OC(C)C)CC4)c(CCC4CCOCC4)c3=O)[nH]c2c1. The first-order valence-electron chi connectivity index (χ1n) is 52.2. The van der Waals surface area contributed by atoms with Gasteiger partial charge in [-0.25, -0.2) is 51.2 Å². The van der Waals surface area contributed by atoms with Crippen molar-refractivity contribution in [2.45, 2.75) is 256 Å². The molecule has 5 saturated heterocycles. The molecule has 4 amide bonds. The molecule has 0 atom stereocenters. The third-order valence-corrected chi connectivity index (χ3v) is 31.2. The molecule has 794 valence electrons. The molecule has 5 aliphatic heterocycles. The van der Waals surface area contributed by atoms with Gasteiger partial charge in [0, 0.05) is 129 Å². The van der Waals surface area contributed by atoms with E-state index >= 15 is 0 Å². The van der Waals surface area contributed by atoms with Gasteiger partial charge in [0.25, 0.3) is 28.1 Å². The molecule has 6 aliphatic rings. The van der Waals surface area contributed by atoms with E-state index in [9.17, 15) is 60.3 Å². The third-order valence-electron chi connectivity index (χ3n) is 29.0. The summed E-state index contributed by atoms with van der Waals surface area (Å²) in [7, 11) is -6.78. The Morgan fingerprint density at radius 1 is 0.396 bits per heavy atom. The molecule has 149 heavy (non-hydrogen) atoms. The van der Waals surface area contributed by atoms with Crippen LogP contribution in [-0.2, 0) is 69.1 Å². The summed E-state index contributed by atoms with van der Waals surface area (Å²) in [6.07, 6.45) is 18.3. The van der Waals surface area contributed by atoms with Crippen molar-refractivity contribution in [1.82, 2.24) is 98.6 Å². The molecular formula is C110H140N20O17S2.